The molecule has 1 aliphatic rings. The Morgan fingerprint density at radius 2 is 1.80 bits per heavy atom. The molecule has 1 amide bonds. The van der Waals surface area contributed by atoms with E-state index in [-0.39, 0.29) is 17.4 Å². The molecule has 3 nitrogen and oxygen atoms in total. The van der Waals surface area contributed by atoms with Gasteiger partial charge in [0, 0.05) is 32.0 Å². The predicted octanol–water partition coefficient (Wildman–Crippen LogP) is 2.65. The molecule has 110 valence electrons. The van der Waals surface area contributed by atoms with Crippen LogP contribution in [0.4, 0.5) is 0 Å². The monoisotopic (exact) mass is 274 g/mol. The highest BCUT2D eigenvalue weighted by molar-refractivity contribution is 5.73. The molecule has 1 saturated heterocycles. The number of benzene rings is 1. The van der Waals surface area contributed by atoms with Crippen LogP contribution in [0.2, 0.25) is 0 Å². The first-order chi connectivity index (χ1) is 9.27. The van der Waals surface area contributed by atoms with Crippen LogP contribution in [0.1, 0.15) is 51.2 Å². The number of hydrogen-bond acceptors (Lipinski definition) is 2. The Labute approximate surface area is 122 Å². The topological polar surface area (TPSA) is 46.3 Å². The van der Waals surface area contributed by atoms with E-state index in [1.165, 1.54) is 11.1 Å². The van der Waals surface area contributed by atoms with E-state index in [0.717, 1.165) is 13.0 Å². The van der Waals surface area contributed by atoms with Crippen molar-refractivity contribution in [3.05, 3.63) is 35.4 Å². The first-order valence-corrected chi connectivity index (χ1v) is 7.39. The molecule has 0 radical (unpaired) electrons. The van der Waals surface area contributed by atoms with Crippen molar-refractivity contribution in [3.63, 3.8) is 0 Å². The van der Waals surface area contributed by atoms with Gasteiger partial charge in [-0.25, -0.2) is 0 Å². The fourth-order valence-electron chi connectivity index (χ4n) is 2.89. The Bertz CT molecular complexity index is 473. The second kappa shape index (κ2) is 5.57. The molecular weight excluding hydrogens is 248 g/mol. The summed E-state index contributed by atoms with van der Waals surface area (Å²) in [4.78, 5) is 13.4. The lowest BCUT2D eigenvalue weighted by Gasteiger charge is -2.36. The molecule has 1 aromatic carbocycles. The van der Waals surface area contributed by atoms with E-state index in [0.29, 0.717) is 12.5 Å². The van der Waals surface area contributed by atoms with Crippen LogP contribution in [0.5, 0.6) is 0 Å². The average molecular weight is 274 g/mol. The number of nitrogens with zero attached hydrogens (tertiary/aromatic N) is 1. The summed E-state index contributed by atoms with van der Waals surface area (Å²) in [6.45, 7) is 9.75. The smallest absolute Gasteiger partial charge is 0.219 e. The molecule has 0 spiro atoms. The average Bonchev–Trinajstić information content (AvgIpc) is 2.37. The van der Waals surface area contributed by atoms with Gasteiger partial charge in [0.25, 0.3) is 0 Å². The largest absolute Gasteiger partial charge is 0.341 e. The summed E-state index contributed by atoms with van der Waals surface area (Å²) in [5.74, 6) is 0.480. The maximum absolute atomic E-state index is 11.6. The van der Waals surface area contributed by atoms with Crippen LogP contribution in [0.3, 0.4) is 0 Å². The molecule has 3 heteroatoms. The third-order valence-electron chi connectivity index (χ3n) is 4.18. The number of carbonyl (C=O) groups excluding carboxylic acids is 1. The van der Waals surface area contributed by atoms with Crippen molar-refractivity contribution in [3.8, 4) is 0 Å². The third kappa shape index (κ3) is 3.40. The van der Waals surface area contributed by atoms with E-state index in [9.17, 15) is 4.79 Å². The van der Waals surface area contributed by atoms with Gasteiger partial charge in [0.2, 0.25) is 5.91 Å². The van der Waals surface area contributed by atoms with Crippen molar-refractivity contribution in [1.29, 1.82) is 0 Å². The second-order valence-electron chi connectivity index (χ2n) is 6.99. The van der Waals surface area contributed by atoms with Crippen LogP contribution in [0, 0.1) is 0 Å². The Balaban J connectivity index is 2.16. The Hall–Kier alpha value is -1.35. The van der Waals surface area contributed by atoms with Gasteiger partial charge in [0.05, 0.1) is 0 Å². The zero-order valence-electron chi connectivity index (χ0n) is 13.0. The molecular formula is C17H26N2O. The molecule has 20 heavy (non-hydrogen) atoms. The van der Waals surface area contributed by atoms with Crippen molar-refractivity contribution in [1.82, 2.24) is 4.90 Å². The Kier molecular flexibility index (Phi) is 4.19. The molecule has 0 saturated carbocycles. The SMILES string of the molecule is CC(=O)N1CC(N)CC(c2ccc(C(C)(C)C)cc2)C1. The molecule has 0 aliphatic carbocycles. The minimum Gasteiger partial charge on any atom is -0.341 e. The third-order valence-corrected chi connectivity index (χ3v) is 4.18. The lowest BCUT2D eigenvalue weighted by atomic mass is 9.83. The summed E-state index contributed by atoms with van der Waals surface area (Å²) in [7, 11) is 0. The number of amides is 1. The normalized spacial score (nSPS) is 23.8. The first kappa shape index (κ1) is 15.0. The van der Waals surface area contributed by atoms with E-state index in [1.807, 2.05) is 4.90 Å². The van der Waals surface area contributed by atoms with Gasteiger partial charge in [-0.15, -0.1) is 0 Å². The van der Waals surface area contributed by atoms with E-state index >= 15 is 0 Å². The summed E-state index contributed by atoms with van der Waals surface area (Å²) >= 11 is 0. The van der Waals surface area contributed by atoms with E-state index in [4.69, 9.17) is 5.73 Å². The quantitative estimate of drug-likeness (QED) is 0.855. The zero-order valence-corrected chi connectivity index (χ0v) is 13.0. The molecule has 1 heterocycles. The van der Waals surface area contributed by atoms with Gasteiger partial charge in [-0.2, -0.15) is 0 Å². The molecule has 2 rings (SSSR count). The molecule has 0 aromatic heterocycles. The van der Waals surface area contributed by atoms with Crippen LogP contribution in [0.25, 0.3) is 0 Å². The van der Waals surface area contributed by atoms with Crippen LogP contribution < -0.4 is 5.73 Å². The summed E-state index contributed by atoms with van der Waals surface area (Å²) in [5, 5.41) is 0. The van der Waals surface area contributed by atoms with Gasteiger partial charge in [-0.1, -0.05) is 45.0 Å². The van der Waals surface area contributed by atoms with Crippen LogP contribution in [0.15, 0.2) is 24.3 Å². The lowest BCUT2D eigenvalue weighted by Crippen LogP contribution is -2.47. The minimum absolute atomic E-state index is 0.0833. The van der Waals surface area contributed by atoms with Gasteiger partial charge in [-0.3, -0.25) is 4.79 Å². The Morgan fingerprint density at radius 3 is 2.30 bits per heavy atom. The summed E-state index contributed by atoms with van der Waals surface area (Å²) in [6, 6.07) is 8.88. The first-order valence-electron chi connectivity index (χ1n) is 7.39. The van der Waals surface area contributed by atoms with Gasteiger partial charge < -0.3 is 10.6 Å². The van der Waals surface area contributed by atoms with Gasteiger partial charge in [0.15, 0.2) is 0 Å². The molecule has 2 unspecified atom stereocenters. The standard InChI is InChI=1S/C17H26N2O/c1-12(20)19-10-14(9-16(18)11-19)13-5-7-15(8-6-13)17(2,3)4/h5-8,14,16H,9-11,18H2,1-4H3. The fourth-order valence-corrected chi connectivity index (χ4v) is 2.89. The van der Waals surface area contributed by atoms with Crippen molar-refractivity contribution in [2.45, 2.75) is 51.5 Å². The maximum Gasteiger partial charge on any atom is 0.219 e. The van der Waals surface area contributed by atoms with Crippen molar-refractivity contribution in [2.75, 3.05) is 13.1 Å². The molecule has 0 bridgehead atoms. The fraction of sp³-hybridized carbons (Fsp3) is 0.588. The Morgan fingerprint density at radius 1 is 1.20 bits per heavy atom. The number of piperidine rings is 1. The highest BCUT2D eigenvalue weighted by Gasteiger charge is 2.27. The van der Waals surface area contributed by atoms with E-state index in [1.54, 1.807) is 6.92 Å². The van der Waals surface area contributed by atoms with Gasteiger partial charge in [0.1, 0.15) is 0 Å². The predicted molar refractivity (Wildman–Crippen MR) is 82.7 cm³/mol. The minimum atomic E-state index is 0.0833. The lowest BCUT2D eigenvalue weighted by molar-refractivity contribution is -0.130. The number of carbonyl (C=O) groups is 1. The molecule has 1 fully saturated rings. The number of likely N-dealkylation sites (tertiary alicyclic amines) is 1. The molecule has 1 aliphatic heterocycles. The number of rotatable bonds is 1. The zero-order chi connectivity index (χ0) is 14.9. The van der Waals surface area contributed by atoms with Crippen LogP contribution >= 0.6 is 0 Å². The van der Waals surface area contributed by atoms with E-state index in [2.05, 4.69) is 45.0 Å². The van der Waals surface area contributed by atoms with Crippen LogP contribution in [-0.2, 0) is 10.2 Å². The van der Waals surface area contributed by atoms with Crippen LogP contribution in [-0.4, -0.2) is 29.9 Å². The summed E-state index contributed by atoms with van der Waals surface area (Å²) in [5.41, 5.74) is 8.90. The van der Waals surface area contributed by atoms with E-state index < -0.39 is 0 Å². The second-order valence-corrected chi connectivity index (χ2v) is 6.99. The van der Waals surface area contributed by atoms with Crippen molar-refractivity contribution in [2.24, 2.45) is 5.73 Å². The van der Waals surface area contributed by atoms with Gasteiger partial charge >= 0.3 is 0 Å². The summed E-state index contributed by atoms with van der Waals surface area (Å²) < 4.78 is 0. The highest BCUT2D eigenvalue weighted by atomic mass is 16.2. The number of hydrogen-bond donors (Lipinski definition) is 1. The molecule has 2 N–H and O–H groups in total. The maximum atomic E-state index is 11.6. The number of nitrogens with two attached hydrogens (primary N) is 1. The molecule has 2 atom stereocenters. The highest BCUT2D eigenvalue weighted by Crippen LogP contribution is 2.29. The van der Waals surface area contributed by atoms with Crippen molar-refractivity contribution >= 4 is 5.91 Å². The summed E-state index contributed by atoms with van der Waals surface area (Å²) in [6.07, 6.45) is 0.957. The molecule has 1 aromatic rings. The van der Waals surface area contributed by atoms with Crippen molar-refractivity contribution < 1.29 is 4.79 Å². The van der Waals surface area contributed by atoms with Gasteiger partial charge in [-0.05, 0) is 23.0 Å².